The number of pyridine rings is 2. The van der Waals surface area contributed by atoms with Crippen molar-refractivity contribution in [2.24, 2.45) is 10.1 Å². The second kappa shape index (κ2) is 10.2. The minimum atomic E-state index is -4.62. The van der Waals surface area contributed by atoms with E-state index in [1.807, 2.05) is 18.3 Å². The van der Waals surface area contributed by atoms with Gasteiger partial charge in [0.05, 0.1) is 10.5 Å². The number of alkyl halides is 6. The molecule has 0 radical (unpaired) electrons. The lowest BCUT2D eigenvalue weighted by Gasteiger charge is -2.08. The number of nitriles is 1. The topological polar surface area (TPSA) is 78.6 Å². The minimum absolute atomic E-state index is 0.285. The Morgan fingerprint density at radius 2 is 1.00 bits per heavy atom. The smallest absolute Gasteiger partial charge is 0.252 e. The van der Waals surface area contributed by atoms with Crippen LogP contribution in [-0.4, -0.2) is 9.97 Å². The van der Waals surface area contributed by atoms with Crippen LogP contribution in [0.1, 0.15) is 11.4 Å². The quantitative estimate of drug-likeness (QED) is 0.0842. The Morgan fingerprint density at radius 1 is 0.565 bits per heavy atom. The van der Waals surface area contributed by atoms with Crippen LogP contribution >= 0.6 is 0 Å². The van der Waals surface area contributed by atoms with Crippen LogP contribution < -0.4 is 10.7 Å². The first-order valence-corrected chi connectivity index (χ1v) is 13.4. The van der Waals surface area contributed by atoms with E-state index in [0.29, 0.717) is 64.9 Å². The lowest BCUT2D eigenvalue weighted by Crippen LogP contribution is -2.07. The van der Waals surface area contributed by atoms with Crippen LogP contribution in [0.25, 0.3) is 70.3 Å². The largest absolute Gasteiger partial charge is 0.433 e. The molecule has 0 aliphatic carbocycles. The molecule has 0 saturated carbocycles. The Bertz CT molecular complexity index is 2410. The van der Waals surface area contributed by atoms with E-state index in [9.17, 15) is 31.6 Å². The Labute approximate surface area is 254 Å². The first kappa shape index (κ1) is 28.6. The summed E-state index contributed by atoms with van der Waals surface area (Å²) in [6, 6.07) is 18.6. The molecule has 0 aliphatic rings. The van der Waals surface area contributed by atoms with Gasteiger partial charge in [0.15, 0.2) is 5.36 Å². The average Bonchev–Trinajstić information content (AvgIpc) is 3.50. The normalized spacial score (nSPS) is 13.2. The molecule has 0 unspecified atom stereocenters. The highest BCUT2D eigenvalue weighted by molar-refractivity contribution is 6.21. The third kappa shape index (κ3) is 4.59. The van der Waals surface area contributed by atoms with Crippen molar-refractivity contribution in [3.05, 3.63) is 119 Å². The lowest BCUT2D eigenvalue weighted by molar-refractivity contribution is -0.141. The van der Waals surface area contributed by atoms with E-state index < -0.39 is 23.7 Å². The Morgan fingerprint density at radius 3 is 1.46 bits per heavy atom. The zero-order valence-corrected chi connectivity index (χ0v) is 23.0. The van der Waals surface area contributed by atoms with Crippen molar-refractivity contribution in [1.29, 1.82) is 5.26 Å². The molecule has 0 amide bonds. The van der Waals surface area contributed by atoms with Crippen molar-refractivity contribution >= 4 is 43.1 Å². The van der Waals surface area contributed by atoms with Crippen LogP contribution in [0.3, 0.4) is 0 Å². The van der Waals surface area contributed by atoms with Crippen molar-refractivity contribution < 1.29 is 26.3 Å². The molecule has 7 rings (SSSR count). The van der Waals surface area contributed by atoms with Crippen molar-refractivity contribution in [3.8, 4) is 28.4 Å². The van der Waals surface area contributed by atoms with Gasteiger partial charge in [-0.25, -0.2) is 0 Å². The van der Waals surface area contributed by atoms with Gasteiger partial charge in [-0.05, 0) is 92.3 Å². The predicted octanol–water partition coefficient (Wildman–Crippen LogP) is 8.45. The summed E-state index contributed by atoms with van der Waals surface area (Å²) in [6.45, 7) is 7.46. The molecule has 2 heterocycles. The number of hydrogen-bond acceptors (Lipinski definition) is 5. The number of benzene rings is 3. The Hall–Kier alpha value is -6.14. The SMILES string of the molecule is [C-]#[N+]/N=c1/c2cc(-c3ccnc(C(F)(F)F)c3)ccc2c2cc3/c(=N/C#N)c4cc(-c5ccnc(C(F)(F)F)c5)ccc4c3cc12. The van der Waals surface area contributed by atoms with E-state index in [2.05, 4.69) is 25.0 Å². The molecule has 0 aliphatic heterocycles. The summed E-state index contributed by atoms with van der Waals surface area (Å²) in [7, 11) is 0. The van der Waals surface area contributed by atoms with Crippen LogP contribution in [-0.2, 0) is 12.4 Å². The molecule has 0 spiro atoms. The van der Waals surface area contributed by atoms with E-state index in [0.717, 1.165) is 24.5 Å². The molecule has 5 aromatic carbocycles. The number of nitrogens with zero attached hydrogens (tertiary/aromatic N) is 6. The third-order valence-electron chi connectivity index (χ3n) is 7.88. The summed E-state index contributed by atoms with van der Waals surface area (Å²) in [5.41, 5.74) is -0.553. The number of aromatic nitrogens is 2. The standard InChI is InChI=1S/C34H14F6N6/c1-42-46-32-26-11-18(20-7-9-44-30(13-20)34(38,39)40)3-5-22(26)24-14-27-23(15-28(24)32)21-4-2-17(10-25(21)31(27)45-16-41)19-6-8-43-29(12-19)33(35,36)37/h2-15H/b45-31+,46-32-. The molecule has 6 nitrogen and oxygen atoms in total. The molecule has 0 atom stereocenters. The first-order chi connectivity index (χ1) is 22.0. The minimum Gasteiger partial charge on any atom is -0.252 e. The summed E-state index contributed by atoms with van der Waals surface area (Å²) in [5, 5.41) is 19.3. The summed E-state index contributed by atoms with van der Waals surface area (Å²) < 4.78 is 80.0. The van der Waals surface area contributed by atoms with Gasteiger partial charge < -0.3 is 0 Å². The van der Waals surface area contributed by atoms with Gasteiger partial charge in [0.1, 0.15) is 11.4 Å². The number of halogens is 6. The highest BCUT2D eigenvalue weighted by atomic mass is 19.4. The fourth-order valence-corrected chi connectivity index (χ4v) is 5.90. The van der Waals surface area contributed by atoms with Gasteiger partial charge in [0, 0.05) is 33.9 Å². The van der Waals surface area contributed by atoms with Crippen LogP contribution in [0.15, 0.2) is 95.3 Å². The maximum atomic E-state index is 13.3. The molecule has 2 aromatic heterocycles. The van der Waals surface area contributed by atoms with E-state index in [1.165, 1.54) is 12.1 Å². The third-order valence-corrected chi connectivity index (χ3v) is 7.88. The molecule has 12 heteroatoms. The van der Waals surface area contributed by atoms with Crippen LogP contribution in [0, 0.1) is 18.0 Å². The summed E-state index contributed by atoms with van der Waals surface area (Å²) in [5.74, 6) is 0. The molecule has 0 fully saturated rings. The maximum absolute atomic E-state index is 13.3. The fourth-order valence-electron chi connectivity index (χ4n) is 5.90. The van der Waals surface area contributed by atoms with Gasteiger partial charge >= 0.3 is 12.4 Å². The van der Waals surface area contributed by atoms with Gasteiger partial charge in [-0.1, -0.05) is 24.3 Å². The van der Waals surface area contributed by atoms with E-state index >= 15 is 0 Å². The number of hydrogen-bond donors (Lipinski definition) is 0. The molecule has 222 valence electrons. The molecule has 0 N–H and O–H groups in total. The van der Waals surface area contributed by atoms with Crippen LogP contribution in [0.5, 0.6) is 0 Å². The predicted molar refractivity (Wildman–Crippen MR) is 159 cm³/mol. The molecule has 46 heavy (non-hydrogen) atoms. The second-order valence-corrected chi connectivity index (χ2v) is 10.4. The Kier molecular flexibility index (Phi) is 6.35. The number of rotatable bonds is 2. The summed E-state index contributed by atoms with van der Waals surface area (Å²) in [4.78, 5) is 14.2. The molecule has 0 saturated heterocycles. The van der Waals surface area contributed by atoms with Gasteiger partial charge in [-0.15, -0.1) is 4.95 Å². The molecular formula is C34H14F6N6. The van der Waals surface area contributed by atoms with Crippen molar-refractivity contribution in [2.45, 2.75) is 12.4 Å². The van der Waals surface area contributed by atoms with Crippen molar-refractivity contribution in [1.82, 2.24) is 9.97 Å². The van der Waals surface area contributed by atoms with Gasteiger partial charge in [0.2, 0.25) is 6.19 Å². The van der Waals surface area contributed by atoms with E-state index in [-0.39, 0.29) is 11.1 Å². The van der Waals surface area contributed by atoms with Gasteiger partial charge in [0.25, 0.3) is 0 Å². The monoisotopic (exact) mass is 620 g/mol. The van der Waals surface area contributed by atoms with Gasteiger partial charge in [-0.2, -0.15) is 43.2 Å². The average molecular weight is 621 g/mol. The second-order valence-electron chi connectivity index (χ2n) is 10.4. The first-order valence-electron chi connectivity index (χ1n) is 13.4. The highest BCUT2D eigenvalue weighted by Crippen LogP contribution is 2.37. The molecule has 7 aromatic rings. The van der Waals surface area contributed by atoms with Crippen molar-refractivity contribution in [3.63, 3.8) is 0 Å². The lowest BCUT2D eigenvalue weighted by atomic mass is 10.0. The maximum Gasteiger partial charge on any atom is 0.433 e. The summed E-state index contributed by atoms with van der Waals surface area (Å²) in [6.07, 6.45) is -5.26. The highest BCUT2D eigenvalue weighted by Gasteiger charge is 2.33. The molecular weight excluding hydrogens is 606 g/mol. The zero-order valence-electron chi connectivity index (χ0n) is 23.0. The van der Waals surface area contributed by atoms with Crippen LogP contribution in [0.2, 0.25) is 0 Å². The van der Waals surface area contributed by atoms with Crippen molar-refractivity contribution in [2.75, 3.05) is 0 Å². The van der Waals surface area contributed by atoms with Crippen LogP contribution in [0.4, 0.5) is 26.3 Å². The zero-order chi connectivity index (χ0) is 32.4. The fraction of sp³-hybridized carbons (Fsp3) is 0.0588. The summed E-state index contributed by atoms with van der Waals surface area (Å²) >= 11 is 0. The van der Waals surface area contributed by atoms with E-state index in [4.69, 9.17) is 6.57 Å². The van der Waals surface area contributed by atoms with E-state index in [1.54, 1.807) is 36.4 Å². The Balaban J connectivity index is 1.48. The molecule has 0 bridgehead atoms. The number of fused-ring (bicyclic) bond motifs is 6. The van der Waals surface area contributed by atoms with Gasteiger partial charge in [-0.3, -0.25) is 9.97 Å².